The van der Waals surface area contributed by atoms with Crippen LogP contribution < -0.4 is 0 Å². The molecule has 0 spiro atoms. The van der Waals surface area contributed by atoms with Gasteiger partial charge < -0.3 is 9.84 Å². The summed E-state index contributed by atoms with van der Waals surface area (Å²) >= 11 is 0. The van der Waals surface area contributed by atoms with E-state index in [0.717, 1.165) is 23.6 Å². The lowest BCUT2D eigenvalue weighted by molar-refractivity contribution is -0.0894. The Morgan fingerprint density at radius 1 is 0.920 bits per heavy atom. The van der Waals surface area contributed by atoms with Gasteiger partial charge in [-0.15, -0.1) is 0 Å². The smallest absolute Gasteiger partial charge is 0.138 e. The van der Waals surface area contributed by atoms with E-state index in [4.69, 9.17) is 4.74 Å². The molecule has 2 heterocycles. The van der Waals surface area contributed by atoms with E-state index in [1.54, 1.807) is 0 Å². The molecule has 2 aromatic rings. The Morgan fingerprint density at radius 3 is 2.08 bits per heavy atom. The first-order chi connectivity index (χ1) is 12.2. The summed E-state index contributed by atoms with van der Waals surface area (Å²) in [4.78, 5) is 2.48. The Morgan fingerprint density at radius 2 is 1.48 bits per heavy atom. The van der Waals surface area contributed by atoms with Crippen molar-refractivity contribution in [1.82, 2.24) is 4.90 Å². The SMILES string of the molecule is CN1C2CCC1[C@@H](OCC(O)(c1ccccc1)c1ccccc1)CC2. The molecule has 25 heavy (non-hydrogen) atoms. The van der Waals surface area contributed by atoms with Gasteiger partial charge in [0.25, 0.3) is 0 Å². The first kappa shape index (κ1) is 16.8. The molecule has 132 valence electrons. The van der Waals surface area contributed by atoms with Crippen molar-refractivity contribution in [2.45, 2.75) is 49.5 Å². The minimum Gasteiger partial charge on any atom is -0.378 e. The van der Waals surface area contributed by atoms with Gasteiger partial charge in [0.05, 0.1) is 12.7 Å². The van der Waals surface area contributed by atoms with Gasteiger partial charge in [-0.2, -0.15) is 0 Å². The zero-order chi connectivity index (χ0) is 17.3. The fourth-order valence-corrected chi connectivity index (χ4v) is 4.57. The lowest BCUT2D eigenvalue weighted by Crippen LogP contribution is -2.47. The van der Waals surface area contributed by atoms with Gasteiger partial charge in [0.15, 0.2) is 0 Å². The fraction of sp³-hybridized carbons (Fsp3) is 0.455. The predicted octanol–water partition coefficient (Wildman–Crippen LogP) is 3.56. The average molecular weight is 337 g/mol. The molecule has 0 saturated carbocycles. The van der Waals surface area contributed by atoms with Crippen LogP contribution in [0.25, 0.3) is 0 Å². The number of hydrogen-bond donors (Lipinski definition) is 1. The van der Waals surface area contributed by atoms with E-state index in [9.17, 15) is 5.11 Å². The zero-order valence-electron chi connectivity index (χ0n) is 14.8. The highest BCUT2D eigenvalue weighted by Crippen LogP contribution is 2.37. The van der Waals surface area contributed by atoms with Crippen LogP contribution in [0.2, 0.25) is 0 Å². The number of hydrogen-bond acceptors (Lipinski definition) is 3. The predicted molar refractivity (Wildman–Crippen MR) is 99.4 cm³/mol. The van der Waals surface area contributed by atoms with Gasteiger partial charge in [-0.3, -0.25) is 4.90 Å². The van der Waals surface area contributed by atoms with Crippen LogP contribution in [0.1, 0.15) is 36.8 Å². The molecule has 0 aromatic heterocycles. The normalized spacial score (nSPS) is 26.7. The second kappa shape index (κ2) is 6.91. The van der Waals surface area contributed by atoms with E-state index < -0.39 is 5.60 Å². The van der Waals surface area contributed by atoms with Gasteiger partial charge in [0, 0.05) is 12.1 Å². The number of benzene rings is 2. The largest absolute Gasteiger partial charge is 0.378 e. The number of ether oxygens (including phenoxy) is 1. The highest BCUT2D eigenvalue weighted by Gasteiger charge is 2.42. The third-order valence-electron chi connectivity index (χ3n) is 6.12. The summed E-state index contributed by atoms with van der Waals surface area (Å²) in [6, 6.07) is 21.0. The highest BCUT2D eigenvalue weighted by atomic mass is 16.5. The van der Waals surface area contributed by atoms with Gasteiger partial charge >= 0.3 is 0 Å². The first-order valence-corrected chi connectivity index (χ1v) is 9.35. The highest BCUT2D eigenvalue weighted by molar-refractivity contribution is 5.36. The monoisotopic (exact) mass is 337 g/mol. The maximum absolute atomic E-state index is 11.6. The topological polar surface area (TPSA) is 32.7 Å². The number of nitrogens with zero attached hydrogens (tertiary/aromatic N) is 1. The number of rotatable bonds is 5. The molecule has 3 atom stereocenters. The van der Waals surface area contributed by atoms with Crippen molar-refractivity contribution >= 4 is 0 Å². The standard InChI is InChI=1S/C22H27NO2/c1-23-19-12-14-20(23)21(15-13-19)25-16-22(24,17-8-4-2-5-9-17)18-10-6-3-7-11-18/h2-11,19-21,24H,12-16H2,1H3/t19?,20?,21-/m0/s1. The molecular weight excluding hydrogens is 310 g/mol. The minimum absolute atomic E-state index is 0.211. The third kappa shape index (κ3) is 3.12. The fourth-order valence-electron chi connectivity index (χ4n) is 4.57. The molecule has 3 heteroatoms. The third-order valence-corrected chi connectivity index (χ3v) is 6.12. The van der Waals surface area contributed by atoms with E-state index >= 15 is 0 Å². The van der Waals surface area contributed by atoms with E-state index in [0.29, 0.717) is 12.6 Å². The van der Waals surface area contributed by atoms with E-state index in [1.807, 2.05) is 60.7 Å². The molecule has 2 aliphatic heterocycles. The summed E-state index contributed by atoms with van der Waals surface area (Å²) in [5, 5.41) is 11.6. The minimum atomic E-state index is -1.11. The van der Waals surface area contributed by atoms with Gasteiger partial charge in [-0.25, -0.2) is 0 Å². The Balaban J connectivity index is 1.57. The lowest BCUT2D eigenvalue weighted by atomic mass is 9.87. The molecule has 2 aliphatic rings. The van der Waals surface area contributed by atoms with Crippen molar-refractivity contribution in [3.63, 3.8) is 0 Å². The van der Waals surface area contributed by atoms with E-state index in [-0.39, 0.29) is 6.10 Å². The molecule has 2 saturated heterocycles. The molecular formula is C22H27NO2. The number of piperidine rings is 1. The number of fused-ring (bicyclic) bond motifs is 2. The quantitative estimate of drug-likeness (QED) is 0.905. The summed E-state index contributed by atoms with van der Waals surface area (Å²) < 4.78 is 6.37. The average Bonchev–Trinajstić information content (AvgIpc) is 2.90. The van der Waals surface area contributed by atoms with Crippen LogP contribution in [0.4, 0.5) is 0 Å². The maximum atomic E-state index is 11.6. The van der Waals surface area contributed by atoms with Crippen molar-refractivity contribution in [2.75, 3.05) is 13.7 Å². The van der Waals surface area contributed by atoms with Gasteiger partial charge in [0.2, 0.25) is 0 Å². The second-order valence-electron chi connectivity index (χ2n) is 7.48. The summed E-state index contributed by atoms with van der Waals surface area (Å²) in [5.41, 5.74) is 0.653. The summed E-state index contributed by atoms with van der Waals surface area (Å²) in [5.74, 6) is 0. The Hall–Kier alpha value is -1.68. The van der Waals surface area contributed by atoms with Crippen molar-refractivity contribution in [3.05, 3.63) is 71.8 Å². The zero-order valence-corrected chi connectivity index (χ0v) is 14.8. The van der Waals surface area contributed by atoms with Gasteiger partial charge in [-0.05, 0) is 43.9 Å². The summed E-state index contributed by atoms with van der Waals surface area (Å²) in [7, 11) is 2.22. The molecule has 3 nitrogen and oxygen atoms in total. The molecule has 1 N–H and O–H groups in total. The van der Waals surface area contributed by atoms with Crippen molar-refractivity contribution in [3.8, 4) is 0 Å². The molecule has 2 fully saturated rings. The van der Waals surface area contributed by atoms with Crippen molar-refractivity contribution < 1.29 is 9.84 Å². The van der Waals surface area contributed by atoms with Crippen LogP contribution in [0.5, 0.6) is 0 Å². The summed E-state index contributed by atoms with van der Waals surface area (Å²) in [6.45, 7) is 0.292. The molecule has 2 aromatic carbocycles. The van der Waals surface area contributed by atoms with Crippen molar-refractivity contribution in [1.29, 1.82) is 0 Å². The molecule has 4 rings (SSSR count). The summed E-state index contributed by atoms with van der Waals surface area (Å²) in [6.07, 6.45) is 5.00. The van der Waals surface area contributed by atoms with Crippen LogP contribution in [-0.2, 0) is 10.3 Å². The van der Waals surface area contributed by atoms with Crippen molar-refractivity contribution in [2.24, 2.45) is 0 Å². The van der Waals surface area contributed by atoms with Gasteiger partial charge in [0.1, 0.15) is 5.60 Å². The number of likely N-dealkylation sites (N-methyl/N-ethyl adjacent to an activating group) is 1. The van der Waals surface area contributed by atoms with Crippen LogP contribution in [-0.4, -0.2) is 41.8 Å². The second-order valence-corrected chi connectivity index (χ2v) is 7.48. The lowest BCUT2D eigenvalue weighted by Gasteiger charge is -2.39. The molecule has 0 radical (unpaired) electrons. The van der Waals surface area contributed by atoms with Gasteiger partial charge in [-0.1, -0.05) is 60.7 Å². The molecule has 0 amide bonds. The Labute approximate surface area is 150 Å². The van der Waals surface area contributed by atoms with Crippen LogP contribution >= 0.6 is 0 Å². The van der Waals surface area contributed by atoms with Crippen LogP contribution in [0.15, 0.2) is 60.7 Å². The first-order valence-electron chi connectivity index (χ1n) is 9.35. The van der Waals surface area contributed by atoms with E-state index in [2.05, 4.69) is 11.9 Å². The Kier molecular flexibility index (Phi) is 4.63. The van der Waals surface area contributed by atoms with Crippen LogP contribution in [0, 0.1) is 0 Å². The number of aliphatic hydroxyl groups is 1. The molecule has 2 unspecified atom stereocenters. The molecule has 0 aliphatic carbocycles. The molecule has 2 bridgehead atoms. The van der Waals surface area contributed by atoms with E-state index in [1.165, 1.54) is 19.3 Å². The Bertz CT molecular complexity index is 648. The van der Waals surface area contributed by atoms with Crippen LogP contribution in [0.3, 0.4) is 0 Å². The maximum Gasteiger partial charge on any atom is 0.138 e.